The van der Waals surface area contributed by atoms with Gasteiger partial charge in [-0.25, -0.2) is 0 Å². The van der Waals surface area contributed by atoms with Gasteiger partial charge in [-0.05, 0) is 36.8 Å². The first-order valence-corrected chi connectivity index (χ1v) is 6.25. The van der Waals surface area contributed by atoms with Gasteiger partial charge in [-0.1, -0.05) is 0 Å². The molecule has 0 bridgehead atoms. The van der Waals surface area contributed by atoms with Gasteiger partial charge in [-0.3, -0.25) is 4.79 Å². The smallest absolute Gasteiger partial charge is 0.287 e. The molecule has 1 aliphatic carbocycles. The minimum absolute atomic E-state index is 0.168. The van der Waals surface area contributed by atoms with E-state index in [9.17, 15) is 4.79 Å². The molecule has 0 atom stereocenters. The Morgan fingerprint density at radius 1 is 1.56 bits per heavy atom. The normalized spacial score (nSPS) is 16.6. The van der Waals surface area contributed by atoms with Crippen molar-refractivity contribution in [2.24, 2.45) is 11.1 Å². The van der Waals surface area contributed by atoms with E-state index in [1.54, 1.807) is 19.2 Å². The van der Waals surface area contributed by atoms with E-state index >= 15 is 0 Å². The summed E-state index contributed by atoms with van der Waals surface area (Å²) in [7, 11) is 1.70. The van der Waals surface area contributed by atoms with Crippen LogP contribution in [0.5, 0.6) is 0 Å². The summed E-state index contributed by atoms with van der Waals surface area (Å²) in [5, 5.41) is 2.92. The Morgan fingerprint density at radius 2 is 2.33 bits per heavy atom. The van der Waals surface area contributed by atoms with Crippen LogP contribution >= 0.6 is 0 Å². The molecule has 1 aliphatic rings. The lowest BCUT2D eigenvalue weighted by molar-refractivity contribution is 0.0908. The van der Waals surface area contributed by atoms with Crippen molar-refractivity contribution in [1.82, 2.24) is 5.32 Å². The molecule has 0 spiro atoms. The zero-order valence-corrected chi connectivity index (χ0v) is 10.7. The maximum absolute atomic E-state index is 11.8. The number of carbonyl (C=O) groups excluding carboxylic acids is 1. The summed E-state index contributed by atoms with van der Waals surface area (Å²) in [6.07, 6.45) is 3.31. The van der Waals surface area contributed by atoms with Gasteiger partial charge in [0.1, 0.15) is 5.76 Å². The van der Waals surface area contributed by atoms with Crippen molar-refractivity contribution < 1.29 is 13.9 Å². The Labute approximate surface area is 107 Å². The number of methoxy groups -OCH3 is 1. The summed E-state index contributed by atoms with van der Waals surface area (Å²) >= 11 is 0. The molecule has 1 heterocycles. The molecular formula is C13H20N2O3. The van der Waals surface area contributed by atoms with Crippen LogP contribution in [0.4, 0.5) is 0 Å². The summed E-state index contributed by atoms with van der Waals surface area (Å²) < 4.78 is 10.4. The maximum atomic E-state index is 11.8. The van der Waals surface area contributed by atoms with Crippen LogP contribution in [0.25, 0.3) is 0 Å². The lowest BCUT2D eigenvalue weighted by Crippen LogP contribution is -2.30. The van der Waals surface area contributed by atoms with Gasteiger partial charge in [-0.15, -0.1) is 0 Å². The minimum Gasteiger partial charge on any atom is -0.455 e. The number of amides is 1. The second-order valence-corrected chi connectivity index (χ2v) is 4.90. The standard InChI is InChI=1S/C13H20N2O3/c1-17-7-6-13(4-5-13)9-15-12(16)11-3-2-10(8-14)18-11/h2-3H,4-9,14H2,1H3,(H,15,16). The molecule has 0 saturated heterocycles. The molecule has 1 amide bonds. The third-order valence-corrected chi connectivity index (χ3v) is 3.50. The van der Waals surface area contributed by atoms with Crippen molar-refractivity contribution in [1.29, 1.82) is 0 Å². The van der Waals surface area contributed by atoms with Gasteiger partial charge in [-0.2, -0.15) is 0 Å². The molecule has 0 aliphatic heterocycles. The SMILES string of the molecule is COCCC1(CNC(=O)c2ccc(CN)o2)CC1. The topological polar surface area (TPSA) is 77.5 Å². The van der Waals surface area contributed by atoms with E-state index in [0.29, 0.717) is 24.6 Å². The minimum atomic E-state index is -0.168. The number of hydrogen-bond acceptors (Lipinski definition) is 4. The molecule has 1 aromatic heterocycles. The number of nitrogens with two attached hydrogens (primary N) is 1. The highest BCUT2D eigenvalue weighted by molar-refractivity contribution is 5.91. The summed E-state index contributed by atoms with van der Waals surface area (Å²) in [6.45, 7) is 1.74. The van der Waals surface area contributed by atoms with Gasteiger partial charge in [0.25, 0.3) is 5.91 Å². The highest BCUT2D eigenvalue weighted by Gasteiger charge is 2.42. The quantitative estimate of drug-likeness (QED) is 0.766. The van der Waals surface area contributed by atoms with E-state index in [0.717, 1.165) is 25.9 Å². The van der Waals surface area contributed by atoms with Gasteiger partial charge in [0.15, 0.2) is 5.76 Å². The molecule has 1 fully saturated rings. The Bertz CT molecular complexity index is 410. The third kappa shape index (κ3) is 3.11. The number of rotatable bonds is 7. The van der Waals surface area contributed by atoms with E-state index in [4.69, 9.17) is 14.9 Å². The predicted octanol–water partition coefficient (Wildman–Crippen LogP) is 1.28. The summed E-state index contributed by atoms with van der Waals surface area (Å²) in [5.41, 5.74) is 5.68. The molecule has 3 N–H and O–H groups in total. The predicted molar refractivity (Wildman–Crippen MR) is 67.1 cm³/mol. The van der Waals surface area contributed by atoms with E-state index in [1.165, 1.54) is 0 Å². The monoisotopic (exact) mass is 252 g/mol. The second-order valence-electron chi connectivity index (χ2n) is 4.90. The van der Waals surface area contributed by atoms with E-state index in [2.05, 4.69) is 5.32 Å². The van der Waals surface area contributed by atoms with Crippen LogP contribution in [-0.4, -0.2) is 26.2 Å². The Morgan fingerprint density at radius 3 is 2.89 bits per heavy atom. The number of nitrogens with one attached hydrogen (secondary N) is 1. The fraction of sp³-hybridized carbons (Fsp3) is 0.615. The molecule has 2 rings (SSSR count). The average molecular weight is 252 g/mol. The van der Waals surface area contributed by atoms with Crippen LogP contribution in [0.1, 0.15) is 35.6 Å². The Kier molecular flexibility index (Phi) is 4.04. The van der Waals surface area contributed by atoms with E-state index < -0.39 is 0 Å². The molecule has 1 saturated carbocycles. The van der Waals surface area contributed by atoms with Crippen molar-refractivity contribution in [3.8, 4) is 0 Å². The highest BCUT2D eigenvalue weighted by Crippen LogP contribution is 2.48. The third-order valence-electron chi connectivity index (χ3n) is 3.50. The number of carbonyl (C=O) groups is 1. The summed E-state index contributed by atoms with van der Waals surface area (Å²) in [6, 6.07) is 3.39. The molecule has 100 valence electrons. The number of furan rings is 1. The van der Waals surface area contributed by atoms with E-state index in [1.807, 2.05) is 0 Å². The summed E-state index contributed by atoms with van der Waals surface area (Å²) in [5.74, 6) is 0.789. The van der Waals surface area contributed by atoms with Crippen LogP contribution in [0.2, 0.25) is 0 Å². The first kappa shape index (κ1) is 13.1. The van der Waals surface area contributed by atoms with E-state index in [-0.39, 0.29) is 11.3 Å². The molecular weight excluding hydrogens is 232 g/mol. The molecule has 0 aromatic carbocycles. The largest absolute Gasteiger partial charge is 0.455 e. The summed E-state index contributed by atoms with van der Waals surface area (Å²) in [4.78, 5) is 11.8. The molecule has 18 heavy (non-hydrogen) atoms. The zero-order chi connectivity index (χ0) is 13.0. The Hall–Kier alpha value is -1.33. The fourth-order valence-electron chi connectivity index (χ4n) is 1.98. The lowest BCUT2D eigenvalue weighted by atomic mass is 10.0. The first-order valence-electron chi connectivity index (χ1n) is 6.25. The number of hydrogen-bond donors (Lipinski definition) is 2. The fourth-order valence-corrected chi connectivity index (χ4v) is 1.98. The maximum Gasteiger partial charge on any atom is 0.287 e. The zero-order valence-electron chi connectivity index (χ0n) is 10.7. The van der Waals surface area contributed by atoms with Crippen molar-refractivity contribution in [2.75, 3.05) is 20.3 Å². The van der Waals surface area contributed by atoms with Crippen LogP contribution < -0.4 is 11.1 Å². The van der Waals surface area contributed by atoms with Crippen LogP contribution in [0.15, 0.2) is 16.5 Å². The number of ether oxygens (including phenoxy) is 1. The van der Waals surface area contributed by atoms with Crippen molar-refractivity contribution in [2.45, 2.75) is 25.8 Å². The van der Waals surface area contributed by atoms with Crippen molar-refractivity contribution in [3.05, 3.63) is 23.7 Å². The Balaban J connectivity index is 1.81. The molecule has 1 aromatic rings. The van der Waals surface area contributed by atoms with Gasteiger partial charge in [0.2, 0.25) is 0 Å². The van der Waals surface area contributed by atoms with Crippen LogP contribution in [-0.2, 0) is 11.3 Å². The van der Waals surface area contributed by atoms with Gasteiger partial charge in [0, 0.05) is 20.3 Å². The first-order chi connectivity index (χ1) is 8.69. The van der Waals surface area contributed by atoms with Gasteiger partial charge < -0.3 is 20.2 Å². The van der Waals surface area contributed by atoms with Crippen LogP contribution in [0, 0.1) is 5.41 Å². The lowest BCUT2D eigenvalue weighted by Gasteiger charge is -2.14. The highest BCUT2D eigenvalue weighted by atomic mass is 16.5. The van der Waals surface area contributed by atoms with Crippen molar-refractivity contribution in [3.63, 3.8) is 0 Å². The van der Waals surface area contributed by atoms with Crippen LogP contribution in [0.3, 0.4) is 0 Å². The van der Waals surface area contributed by atoms with Gasteiger partial charge >= 0.3 is 0 Å². The molecule has 0 unspecified atom stereocenters. The molecule has 0 radical (unpaired) electrons. The average Bonchev–Trinajstić information content (AvgIpc) is 2.99. The van der Waals surface area contributed by atoms with Gasteiger partial charge in [0.05, 0.1) is 6.54 Å². The van der Waals surface area contributed by atoms with Crippen molar-refractivity contribution >= 4 is 5.91 Å². The molecule has 5 heteroatoms. The second kappa shape index (κ2) is 5.54. The molecule has 5 nitrogen and oxygen atoms in total.